The Labute approximate surface area is 525 Å². The summed E-state index contributed by atoms with van der Waals surface area (Å²) in [5.74, 6) is -5.22. The standard InChI is InChI=1S/C46H36N10O30S8/c1-19-9-30(34(86-7-2-8-87(62,63)64)17-29(19)50-52-31-13-22(88(65,66)67)10-20-11-23(89(68,69)70)14-33(57)39(20)31)51-54-42-37(92(77,78)79)15-25-24(44(42)58)4-6-28(46(25)94(83,84)85)49-53-32-18-35(90(71,72)73)26-16-38(93(80,81)82)43(45(59)40(26)41(32)47)55-48-27-5-3-21(56(60)61)12-36(27)91(74,75)76/h3-6,9-18,57-59H,2,7-8,47H2,1H3,(H,62,63,64)(H,65,66,67)(H,68,69,70)(H,71,72,73)(H,74,75,76)(H,77,78,79)(H,80,81,82)(H,83,84,85). The highest BCUT2D eigenvalue weighted by Crippen LogP contribution is 2.51. The second-order valence-corrected chi connectivity index (χ2v) is 30.3. The number of ether oxygens (including phenoxy) is 1. The molecule has 40 nitrogen and oxygen atoms in total. The zero-order valence-corrected chi connectivity index (χ0v) is 52.3. The summed E-state index contributed by atoms with van der Waals surface area (Å²) in [6.07, 6.45) is -0.448. The summed E-state index contributed by atoms with van der Waals surface area (Å²) < 4.78 is 285. The first kappa shape index (κ1) is 70.5. The molecule has 0 saturated heterocycles. The maximum atomic E-state index is 13.2. The van der Waals surface area contributed by atoms with Crippen LogP contribution < -0.4 is 10.5 Å². The lowest BCUT2D eigenvalue weighted by Gasteiger charge is -2.15. The molecule has 0 heterocycles. The molecule has 0 bridgehead atoms. The van der Waals surface area contributed by atoms with Gasteiger partial charge in [0, 0.05) is 40.4 Å². The molecule has 0 amide bonds. The van der Waals surface area contributed by atoms with Crippen molar-refractivity contribution in [3.05, 3.63) is 101 Å². The van der Waals surface area contributed by atoms with E-state index in [1.165, 1.54) is 6.92 Å². The van der Waals surface area contributed by atoms with Gasteiger partial charge in [-0.25, -0.2) is 0 Å². The predicted molar refractivity (Wildman–Crippen MR) is 317 cm³/mol. The zero-order chi connectivity index (χ0) is 70.1. The van der Waals surface area contributed by atoms with Gasteiger partial charge in [0.05, 0.1) is 54.9 Å². The summed E-state index contributed by atoms with van der Waals surface area (Å²) in [4.78, 5) is 1.11. The van der Waals surface area contributed by atoms with E-state index in [0.29, 0.717) is 54.6 Å². The first-order valence-electron chi connectivity index (χ1n) is 24.3. The van der Waals surface area contributed by atoms with Gasteiger partial charge in [-0.3, -0.25) is 46.5 Å². The van der Waals surface area contributed by atoms with Gasteiger partial charge < -0.3 is 25.8 Å². The number of nitrogens with two attached hydrogens (primary N) is 1. The van der Waals surface area contributed by atoms with Crippen LogP contribution in [0.2, 0.25) is 0 Å². The Morgan fingerprint density at radius 3 is 1.50 bits per heavy atom. The molecule has 8 aromatic rings. The second kappa shape index (κ2) is 24.8. The number of nitrogens with zero attached hydrogens (tertiary/aromatic N) is 9. The van der Waals surface area contributed by atoms with E-state index in [2.05, 4.69) is 40.9 Å². The van der Waals surface area contributed by atoms with Crippen LogP contribution in [0.1, 0.15) is 12.0 Å². The van der Waals surface area contributed by atoms with E-state index in [4.69, 9.17) is 10.5 Å². The van der Waals surface area contributed by atoms with Gasteiger partial charge in [-0.2, -0.15) is 72.5 Å². The van der Waals surface area contributed by atoms with Crippen LogP contribution in [0.3, 0.4) is 0 Å². The fraction of sp³-hybridized carbons (Fsp3) is 0.0870. The lowest BCUT2D eigenvalue weighted by molar-refractivity contribution is -0.385. The van der Waals surface area contributed by atoms with E-state index in [1.54, 1.807) is 0 Å². The molecule has 8 aromatic carbocycles. The number of nitro benzene ring substituents is 1. The number of phenols is 3. The molecular weight excluding hydrogens is 1430 g/mol. The molecule has 0 atom stereocenters. The Balaban J connectivity index is 1.27. The second-order valence-electron chi connectivity index (χ2n) is 19.0. The largest absolute Gasteiger partial charge is 0.507 e. The van der Waals surface area contributed by atoms with E-state index >= 15 is 0 Å². The van der Waals surface area contributed by atoms with Crippen LogP contribution in [0.4, 0.5) is 56.9 Å². The van der Waals surface area contributed by atoms with Crippen molar-refractivity contribution >= 4 is 170 Å². The van der Waals surface area contributed by atoms with E-state index < -0.39 is 240 Å². The van der Waals surface area contributed by atoms with Crippen LogP contribution in [0.15, 0.2) is 160 Å². The SMILES string of the molecule is Cc1cc(N=Nc2c(S(=O)(=O)O)cc3c(S(=O)(=O)O)c(N=Nc4cc(S(=O)(=O)O)c5cc(S(=O)(=O)O)c(N=Nc6ccc([N+](=O)[O-])cc6S(=O)(=O)O)c(O)c5c4N)ccc3c2O)c(OCCCS(=O)(=O)O)cc1N=Nc1cc(S(=O)(=O)O)cc2cc(S(=O)(=O)O)cc(O)c12. The maximum Gasteiger partial charge on any atom is 0.297 e. The summed E-state index contributed by atoms with van der Waals surface area (Å²) in [5, 5.41) is 70.2. The Bertz CT molecular complexity index is 5770. The van der Waals surface area contributed by atoms with Gasteiger partial charge in [0.1, 0.15) is 70.1 Å². The minimum absolute atomic E-state index is 0.0109. The van der Waals surface area contributed by atoms with Crippen molar-refractivity contribution < 1.29 is 129 Å². The van der Waals surface area contributed by atoms with Crippen LogP contribution in [0.5, 0.6) is 23.0 Å². The number of aromatic hydroxyl groups is 3. The summed E-state index contributed by atoms with van der Waals surface area (Å²) in [6.45, 7) is 0.699. The van der Waals surface area contributed by atoms with Crippen LogP contribution in [-0.4, -0.2) is 136 Å². The molecule has 48 heteroatoms. The molecule has 8 rings (SSSR count). The van der Waals surface area contributed by atoms with Crippen molar-refractivity contribution in [2.75, 3.05) is 18.1 Å². The van der Waals surface area contributed by atoms with Gasteiger partial charge in [0.25, 0.3) is 86.6 Å². The molecule has 0 saturated carbocycles. The molecule has 498 valence electrons. The number of nitro groups is 1. The highest BCUT2D eigenvalue weighted by Gasteiger charge is 2.32. The Morgan fingerprint density at radius 2 is 0.957 bits per heavy atom. The number of benzene rings is 8. The molecule has 0 unspecified atom stereocenters. The van der Waals surface area contributed by atoms with E-state index in [0.717, 1.165) is 18.2 Å². The highest BCUT2D eigenvalue weighted by atomic mass is 32.2. The first-order valence-corrected chi connectivity index (χ1v) is 36.0. The van der Waals surface area contributed by atoms with Gasteiger partial charge in [0.2, 0.25) is 0 Å². The number of hydrogen-bond donors (Lipinski definition) is 12. The molecule has 13 N–H and O–H groups in total. The van der Waals surface area contributed by atoms with Gasteiger partial charge >= 0.3 is 0 Å². The summed E-state index contributed by atoms with van der Waals surface area (Å²) >= 11 is 0. The molecule has 0 aromatic heterocycles. The average Bonchev–Trinajstić information content (AvgIpc) is 0.746. The van der Waals surface area contributed by atoms with Crippen LogP contribution in [0, 0.1) is 17.0 Å². The van der Waals surface area contributed by atoms with Crippen LogP contribution in [0.25, 0.3) is 32.3 Å². The van der Waals surface area contributed by atoms with Crippen LogP contribution >= 0.6 is 0 Å². The predicted octanol–water partition coefficient (Wildman–Crippen LogP) is 8.11. The van der Waals surface area contributed by atoms with Gasteiger partial charge in [-0.15, -0.1) is 35.8 Å². The average molecular weight is 1470 g/mol. The van der Waals surface area contributed by atoms with E-state index in [1.807, 2.05) is 0 Å². The fourth-order valence-electron chi connectivity index (χ4n) is 8.63. The maximum absolute atomic E-state index is 13.2. The summed E-state index contributed by atoms with van der Waals surface area (Å²) in [7, 11) is -43.1. The monoisotopic (exact) mass is 1460 g/mol. The summed E-state index contributed by atoms with van der Waals surface area (Å²) in [5.41, 5.74) is -2.74. The van der Waals surface area contributed by atoms with Gasteiger partial charge in [0.15, 0.2) is 11.5 Å². The number of non-ortho nitro benzene ring substituents is 1. The lowest BCUT2D eigenvalue weighted by atomic mass is 10.0. The normalized spacial score (nSPS) is 13.4. The van der Waals surface area contributed by atoms with Crippen molar-refractivity contribution in [1.29, 1.82) is 0 Å². The van der Waals surface area contributed by atoms with E-state index in [-0.39, 0.29) is 28.8 Å². The minimum Gasteiger partial charge on any atom is -0.507 e. The van der Waals surface area contributed by atoms with E-state index in [9.17, 15) is 129 Å². The number of azo groups is 4. The number of anilines is 1. The minimum atomic E-state index is -5.81. The lowest BCUT2D eigenvalue weighted by Crippen LogP contribution is -2.08. The van der Waals surface area contributed by atoms with Gasteiger partial charge in [-0.05, 0) is 85.0 Å². The van der Waals surface area contributed by atoms with Crippen molar-refractivity contribution in [2.24, 2.45) is 40.9 Å². The van der Waals surface area contributed by atoms with Crippen molar-refractivity contribution in [1.82, 2.24) is 0 Å². The van der Waals surface area contributed by atoms with Crippen molar-refractivity contribution in [3.63, 3.8) is 0 Å². The number of rotatable bonds is 21. The molecule has 0 fully saturated rings. The number of hydrogen-bond acceptors (Lipinski definition) is 31. The smallest absolute Gasteiger partial charge is 0.297 e. The molecular formula is C46H36N10O30S8. The highest BCUT2D eigenvalue weighted by molar-refractivity contribution is 7.88. The fourth-order valence-corrected chi connectivity index (χ4v) is 13.6. The third-order valence-electron chi connectivity index (χ3n) is 12.7. The number of phenolic OH excluding ortho intramolecular Hbond substituents is 3. The molecule has 0 spiro atoms. The van der Waals surface area contributed by atoms with Crippen molar-refractivity contribution in [2.45, 2.75) is 47.6 Å². The number of fused-ring (bicyclic) bond motifs is 3. The third kappa shape index (κ3) is 15.1. The third-order valence-corrected chi connectivity index (χ3v) is 19.6. The number of nitrogen functional groups attached to an aromatic ring is 1. The number of aryl methyl sites for hydroxylation is 1. The first-order chi connectivity index (χ1) is 43.1. The quantitative estimate of drug-likeness (QED) is 0.00806. The molecule has 0 aliphatic heterocycles. The summed E-state index contributed by atoms with van der Waals surface area (Å²) in [6, 6.07) is 8.46. The Morgan fingerprint density at radius 1 is 0.457 bits per heavy atom. The van der Waals surface area contributed by atoms with Gasteiger partial charge in [-0.1, -0.05) is 0 Å². The zero-order valence-electron chi connectivity index (χ0n) is 45.7. The Hall–Kier alpha value is -9.38. The molecule has 0 radical (unpaired) electrons. The topological polar surface area (TPSA) is 673 Å². The molecule has 0 aliphatic carbocycles. The Kier molecular flexibility index (Phi) is 18.6. The molecule has 94 heavy (non-hydrogen) atoms. The van der Waals surface area contributed by atoms with Crippen molar-refractivity contribution in [3.8, 4) is 23.0 Å². The van der Waals surface area contributed by atoms with Crippen LogP contribution in [-0.2, 0) is 80.9 Å². The molecule has 0 aliphatic rings.